The Bertz CT molecular complexity index is 483. The number of carbonyl (C=O) groups is 1. The lowest BCUT2D eigenvalue weighted by atomic mass is 10.3. The number of hydrogen-bond donors (Lipinski definition) is 1. The van der Waals surface area contributed by atoms with Crippen LogP contribution in [0.15, 0.2) is 23.0 Å². The van der Waals surface area contributed by atoms with Gasteiger partial charge >= 0.3 is 0 Å². The molecule has 2 aromatic heterocycles. The maximum absolute atomic E-state index is 11.6. The van der Waals surface area contributed by atoms with Crippen LogP contribution in [0.2, 0.25) is 0 Å². The molecule has 72 valence electrons. The lowest BCUT2D eigenvalue weighted by Crippen LogP contribution is -2.20. The molecule has 6 heteroatoms. The average Bonchev–Trinajstić information content (AvgIpc) is 2.77. The summed E-state index contributed by atoms with van der Waals surface area (Å²) in [5.41, 5.74) is 1.56. The number of hydrogen-bond acceptors (Lipinski definition) is 5. The van der Waals surface area contributed by atoms with Gasteiger partial charge in [0.05, 0.1) is 4.88 Å². The Hall–Kier alpha value is -1.27. The van der Waals surface area contributed by atoms with Crippen molar-refractivity contribution >= 4 is 28.5 Å². The Morgan fingerprint density at radius 2 is 2.43 bits per heavy atom. The normalized spacial score (nSPS) is 10.3. The molecule has 0 aliphatic carbocycles. The van der Waals surface area contributed by atoms with Crippen molar-refractivity contribution in [1.29, 1.82) is 5.41 Å². The number of nitrogens with one attached hydrogen (secondary N) is 1. The molecule has 0 radical (unpaired) electrons. The van der Waals surface area contributed by atoms with Gasteiger partial charge in [-0.25, -0.2) is 4.68 Å². The first-order valence-corrected chi connectivity index (χ1v) is 5.65. The summed E-state index contributed by atoms with van der Waals surface area (Å²) in [6, 6.07) is 3.62. The molecule has 0 spiro atoms. The molecular formula is C8H7N3OS2. The fraction of sp³-hybridized carbons (Fsp3) is 0.125. The van der Waals surface area contributed by atoms with Gasteiger partial charge in [-0.05, 0) is 11.4 Å². The lowest BCUT2D eigenvalue weighted by molar-refractivity contribution is 0.0970. The summed E-state index contributed by atoms with van der Waals surface area (Å²) in [4.78, 5) is 12.6. The van der Waals surface area contributed by atoms with Gasteiger partial charge in [0.2, 0.25) is 0 Å². The van der Waals surface area contributed by atoms with Crippen molar-refractivity contribution in [1.82, 2.24) is 9.78 Å². The van der Waals surface area contributed by atoms with E-state index in [0.717, 1.165) is 0 Å². The smallest absolute Gasteiger partial charge is 0.200 e. The van der Waals surface area contributed by atoms with Crippen LogP contribution in [0.5, 0.6) is 0 Å². The molecule has 0 fully saturated rings. The van der Waals surface area contributed by atoms with E-state index in [-0.39, 0.29) is 12.3 Å². The Labute approximate surface area is 88.0 Å². The van der Waals surface area contributed by atoms with Crippen LogP contribution in [-0.4, -0.2) is 15.6 Å². The minimum absolute atomic E-state index is 0.00407. The molecule has 0 aromatic carbocycles. The minimum Gasteiger partial charge on any atom is -0.291 e. The van der Waals surface area contributed by atoms with Crippen LogP contribution < -0.4 is 4.80 Å². The van der Waals surface area contributed by atoms with E-state index >= 15 is 0 Å². The molecule has 0 atom stereocenters. The van der Waals surface area contributed by atoms with Gasteiger partial charge in [0.25, 0.3) is 0 Å². The highest BCUT2D eigenvalue weighted by molar-refractivity contribution is 7.12. The minimum atomic E-state index is 0.00407. The molecule has 2 aromatic rings. The highest BCUT2D eigenvalue weighted by atomic mass is 32.1. The third kappa shape index (κ3) is 1.80. The summed E-state index contributed by atoms with van der Waals surface area (Å²) in [7, 11) is 0. The SMILES string of the molecule is N=c1scnn1CC(=O)c1cccs1. The molecule has 4 nitrogen and oxygen atoms in total. The molecule has 0 amide bonds. The van der Waals surface area contributed by atoms with Gasteiger partial charge in [0.1, 0.15) is 12.1 Å². The zero-order valence-electron chi connectivity index (χ0n) is 7.14. The van der Waals surface area contributed by atoms with Crippen LogP contribution in [0.1, 0.15) is 9.67 Å². The fourth-order valence-electron chi connectivity index (χ4n) is 1.01. The second-order valence-electron chi connectivity index (χ2n) is 2.60. The molecule has 0 saturated carbocycles. The van der Waals surface area contributed by atoms with E-state index in [1.807, 2.05) is 11.4 Å². The molecule has 0 saturated heterocycles. The second kappa shape index (κ2) is 3.85. The van der Waals surface area contributed by atoms with Crippen molar-refractivity contribution in [2.24, 2.45) is 0 Å². The summed E-state index contributed by atoms with van der Waals surface area (Å²) in [6.45, 7) is 0.156. The topological polar surface area (TPSA) is 58.7 Å². The monoisotopic (exact) mass is 225 g/mol. The van der Waals surface area contributed by atoms with Crippen molar-refractivity contribution < 1.29 is 4.79 Å². The second-order valence-corrected chi connectivity index (χ2v) is 4.38. The number of carbonyl (C=O) groups excluding carboxylic acids is 1. The number of nitrogens with zero attached hydrogens (tertiary/aromatic N) is 2. The summed E-state index contributed by atoms with van der Waals surface area (Å²) < 4.78 is 1.40. The van der Waals surface area contributed by atoms with E-state index in [9.17, 15) is 4.79 Å². The van der Waals surface area contributed by atoms with Crippen LogP contribution >= 0.6 is 22.7 Å². The number of aromatic nitrogens is 2. The Kier molecular flexibility index (Phi) is 2.55. The van der Waals surface area contributed by atoms with Crippen molar-refractivity contribution in [2.75, 3.05) is 0 Å². The van der Waals surface area contributed by atoms with E-state index in [1.54, 1.807) is 11.6 Å². The standard InChI is InChI=1S/C8H7N3OS2/c9-8-11(10-5-14-8)4-6(12)7-2-1-3-13-7/h1-3,5,9H,4H2. The molecule has 0 aliphatic heterocycles. The van der Waals surface area contributed by atoms with Crippen LogP contribution in [0.4, 0.5) is 0 Å². The third-order valence-electron chi connectivity index (χ3n) is 1.67. The lowest BCUT2D eigenvalue weighted by Gasteiger charge is -1.96. The highest BCUT2D eigenvalue weighted by Crippen LogP contribution is 2.09. The van der Waals surface area contributed by atoms with Crippen molar-refractivity contribution in [3.05, 3.63) is 32.7 Å². The van der Waals surface area contributed by atoms with Gasteiger partial charge in [-0.1, -0.05) is 17.4 Å². The summed E-state index contributed by atoms with van der Waals surface area (Å²) in [5, 5.41) is 13.2. The predicted octanol–water partition coefficient (Wildman–Crippen LogP) is 1.37. The maximum Gasteiger partial charge on any atom is 0.200 e. The zero-order chi connectivity index (χ0) is 9.97. The molecule has 0 bridgehead atoms. The summed E-state index contributed by atoms with van der Waals surface area (Å²) >= 11 is 2.62. The third-order valence-corrected chi connectivity index (χ3v) is 3.22. The van der Waals surface area contributed by atoms with Gasteiger partial charge in [-0.15, -0.1) is 11.3 Å². The van der Waals surface area contributed by atoms with Gasteiger partial charge in [0, 0.05) is 0 Å². The molecule has 2 heterocycles. The van der Waals surface area contributed by atoms with Crippen molar-refractivity contribution in [3.63, 3.8) is 0 Å². The fourth-order valence-corrected chi connectivity index (χ4v) is 2.16. The number of rotatable bonds is 3. The first-order valence-electron chi connectivity index (χ1n) is 3.89. The Balaban J connectivity index is 2.17. The largest absolute Gasteiger partial charge is 0.291 e. The number of ketones is 1. The maximum atomic E-state index is 11.6. The predicted molar refractivity (Wildman–Crippen MR) is 54.6 cm³/mol. The van der Waals surface area contributed by atoms with Gasteiger partial charge < -0.3 is 0 Å². The Morgan fingerprint density at radius 1 is 1.57 bits per heavy atom. The number of thiophene rings is 1. The van der Waals surface area contributed by atoms with Crippen LogP contribution in [0, 0.1) is 5.41 Å². The van der Waals surface area contributed by atoms with Crippen LogP contribution in [0.3, 0.4) is 0 Å². The molecule has 14 heavy (non-hydrogen) atoms. The molecule has 2 rings (SSSR count). The summed E-state index contributed by atoms with van der Waals surface area (Å²) in [5.74, 6) is 0.00407. The molecule has 1 N–H and O–H groups in total. The Morgan fingerprint density at radius 3 is 3.00 bits per heavy atom. The molecule has 0 unspecified atom stereocenters. The van der Waals surface area contributed by atoms with Crippen LogP contribution in [0.25, 0.3) is 0 Å². The van der Waals surface area contributed by atoms with E-state index in [1.165, 1.54) is 27.4 Å². The van der Waals surface area contributed by atoms with Gasteiger partial charge in [0.15, 0.2) is 10.6 Å². The van der Waals surface area contributed by atoms with E-state index in [2.05, 4.69) is 5.10 Å². The average molecular weight is 225 g/mol. The van der Waals surface area contributed by atoms with Gasteiger partial charge in [-0.2, -0.15) is 5.10 Å². The zero-order valence-corrected chi connectivity index (χ0v) is 8.77. The first kappa shape index (κ1) is 9.29. The van der Waals surface area contributed by atoms with Gasteiger partial charge in [-0.3, -0.25) is 10.2 Å². The molecular weight excluding hydrogens is 218 g/mol. The summed E-state index contributed by atoms with van der Waals surface area (Å²) in [6.07, 6.45) is 0. The van der Waals surface area contributed by atoms with E-state index in [0.29, 0.717) is 9.68 Å². The van der Waals surface area contributed by atoms with E-state index < -0.39 is 0 Å². The van der Waals surface area contributed by atoms with Crippen LogP contribution in [-0.2, 0) is 6.54 Å². The quantitative estimate of drug-likeness (QED) is 0.802. The first-order chi connectivity index (χ1) is 6.77. The van der Waals surface area contributed by atoms with E-state index in [4.69, 9.17) is 5.41 Å². The molecule has 0 aliphatic rings. The van der Waals surface area contributed by atoms with Crippen molar-refractivity contribution in [2.45, 2.75) is 6.54 Å². The van der Waals surface area contributed by atoms with Crippen molar-refractivity contribution in [3.8, 4) is 0 Å². The highest BCUT2D eigenvalue weighted by Gasteiger charge is 2.08. The number of Topliss-reactive ketones (excluding diaryl/α,β-unsaturated/α-hetero) is 1.